The fourth-order valence-corrected chi connectivity index (χ4v) is 3.78. The largest absolute Gasteiger partial charge is 0.479 e. The lowest BCUT2D eigenvalue weighted by molar-refractivity contribution is -0.151. The van der Waals surface area contributed by atoms with E-state index in [9.17, 15) is 19.2 Å². The van der Waals surface area contributed by atoms with Crippen molar-refractivity contribution in [1.29, 1.82) is 0 Å². The van der Waals surface area contributed by atoms with Gasteiger partial charge in [0, 0.05) is 28.9 Å². The average molecular weight is 499 g/mol. The number of carbonyl (C=O) groups is 4. The smallest absolute Gasteiger partial charge is 0.347 e. The molecule has 0 amide bonds. The molecule has 0 saturated carbocycles. The number of hydrogen-bond acceptors (Lipinski definition) is 9. The molecule has 0 fully saturated rings. The van der Waals surface area contributed by atoms with E-state index in [1.54, 1.807) is 6.92 Å². The maximum absolute atomic E-state index is 13.1. The zero-order chi connectivity index (χ0) is 26.2. The molecule has 2 atom stereocenters. The Labute approximate surface area is 209 Å². The molecule has 1 N–H and O–H groups in total. The number of unbranched alkanes of at least 4 members (excludes halogenated alkanes) is 3. The van der Waals surface area contributed by atoms with E-state index in [0.29, 0.717) is 6.42 Å². The van der Waals surface area contributed by atoms with Crippen molar-refractivity contribution < 1.29 is 43.2 Å². The number of fused-ring (bicyclic) bond motifs is 2. The SMILES string of the molecule is COC(=O)C(C)Oc1ccc2c(c1)C(=O)c1ccc(OC(C)C(=O)OCCCCCCO)cc1C2=O. The van der Waals surface area contributed by atoms with Crippen LogP contribution in [0.25, 0.3) is 0 Å². The summed E-state index contributed by atoms with van der Waals surface area (Å²) in [5, 5.41) is 8.78. The van der Waals surface area contributed by atoms with Gasteiger partial charge < -0.3 is 24.1 Å². The van der Waals surface area contributed by atoms with Crippen molar-refractivity contribution in [3.8, 4) is 11.5 Å². The summed E-state index contributed by atoms with van der Waals surface area (Å²) in [6.07, 6.45) is 1.35. The topological polar surface area (TPSA) is 125 Å². The number of methoxy groups -OCH3 is 1. The van der Waals surface area contributed by atoms with E-state index in [2.05, 4.69) is 4.74 Å². The molecule has 9 nitrogen and oxygen atoms in total. The highest BCUT2D eigenvalue weighted by Crippen LogP contribution is 2.32. The first-order valence-electron chi connectivity index (χ1n) is 11.8. The molecule has 3 rings (SSSR count). The Balaban J connectivity index is 1.68. The van der Waals surface area contributed by atoms with E-state index in [-0.39, 0.29) is 58.5 Å². The van der Waals surface area contributed by atoms with Gasteiger partial charge in [0.05, 0.1) is 13.7 Å². The number of carbonyl (C=O) groups excluding carboxylic acids is 4. The third kappa shape index (κ3) is 6.28. The van der Waals surface area contributed by atoms with Gasteiger partial charge in [0.15, 0.2) is 23.8 Å². The van der Waals surface area contributed by atoms with Gasteiger partial charge in [0.2, 0.25) is 0 Å². The van der Waals surface area contributed by atoms with Gasteiger partial charge in [-0.15, -0.1) is 0 Å². The van der Waals surface area contributed by atoms with Crippen LogP contribution in [0, 0.1) is 0 Å². The lowest BCUT2D eigenvalue weighted by atomic mass is 9.84. The van der Waals surface area contributed by atoms with E-state index in [4.69, 9.17) is 19.3 Å². The Bertz CT molecular complexity index is 1140. The molecule has 1 aliphatic rings. The highest BCUT2D eigenvalue weighted by Gasteiger charge is 2.31. The second-order valence-electron chi connectivity index (χ2n) is 8.42. The van der Waals surface area contributed by atoms with Crippen LogP contribution in [0.15, 0.2) is 36.4 Å². The zero-order valence-corrected chi connectivity index (χ0v) is 20.6. The first kappa shape index (κ1) is 26.9. The number of ether oxygens (including phenoxy) is 4. The molecule has 1 aliphatic carbocycles. The molecule has 0 aromatic heterocycles. The van der Waals surface area contributed by atoms with Gasteiger partial charge >= 0.3 is 11.9 Å². The average Bonchev–Trinajstić information content (AvgIpc) is 2.88. The standard InChI is InChI=1S/C27H30O9/c1-16(26(31)33-3)35-18-8-10-20-22(14-18)24(29)21-11-9-19(15-23(21)25(20)30)36-17(2)27(32)34-13-7-5-4-6-12-28/h8-11,14-17,28H,4-7,12-13H2,1-3H3. The molecule has 0 aliphatic heterocycles. The van der Waals surface area contributed by atoms with Crippen molar-refractivity contribution in [2.45, 2.75) is 51.7 Å². The normalized spacial score (nSPS) is 13.8. The van der Waals surface area contributed by atoms with Crippen LogP contribution in [-0.4, -0.2) is 61.1 Å². The molecule has 0 bridgehead atoms. The van der Waals surface area contributed by atoms with Crippen molar-refractivity contribution >= 4 is 23.5 Å². The second-order valence-corrected chi connectivity index (χ2v) is 8.42. The van der Waals surface area contributed by atoms with Crippen LogP contribution in [0.1, 0.15) is 71.4 Å². The molecule has 36 heavy (non-hydrogen) atoms. The summed E-state index contributed by atoms with van der Waals surface area (Å²) in [6, 6.07) is 8.87. The Morgan fingerprint density at radius 2 is 1.25 bits per heavy atom. The highest BCUT2D eigenvalue weighted by molar-refractivity contribution is 6.28. The van der Waals surface area contributed by atoms with E-state index >= 15 is 0 Å². The molecule has 0 spiro atoms. The molecule has 0 heterocycles. The molecule has 9 heteroatoms. The minimum absolute atomic E-state index is 0.150. The third-order valence-corrected chi connectivity index (χ3v) is 5.75. The molecule has 2 aromatic carbocycles. The Morgan fingerprint density at radius 1 is 0.750 bits per heavy atom. The van der Waals surface area contributed by atoms with Gasteiger partial charge in [-0.25, -0.2) is 9.59 Å². The molecule has 2 unspecified atom stereocenters. The van der Waals surface area contributed by atoms with E-state index in [0.717, 1.165) is 19.3 Å². The molecule has 0 saturated heterocycles. The summed E-state index contributed by atoms with van der Waals surface area (Å²) < 4.78 is 21.1. The summed E-state index contributed by atoms with van der Waals surface area (Å²) in [4.78, 5) is 50.1. The lowest BCUT2D eigenvalue weighted by Gasteiger charge is -2.21. The van der Waals surface area contributed by atoms with Crippen LogP contribution in [0.2, 0.25) is 0 Å². The molecular formula is C27H30O9. The quantitative estimate of drug-likeness (QED) is 0.296. The Morgan fingerprint density at radius 3 is 1.75 bits per heavy atom. The minimum Gasteiger partial charge on any atom is -0.479 e. The van der Waals surface area contributed by atoms with Gasteiger partial charge in [-0.1, -0.05) is 6.42 Å². The summed E-state index contributed by atoms with van der Waals surface area (Å²) in [5.41, 5.74) is 0.755. The van der Waals surface area contributed by atoms with Crippen LogP contribution >= 0.6 is 0 Å². The number of benzene rings is 2. The minimum atomic E-state index is -0.904. The summed E-state index contributed by atoms with van der Waals surface area (Å²) >= 11 is 0. The van der Waals surface area contributed by atoms with Crippen molar-refractivity contribution in [3.05, 3.63) is 58.7 Å². The fraction of sp³-hybridized carbons (Fsp3) is 0.407. The lowest BCUT2D eigenvalue weighted by Crippen LogP contribution is -2.27. The van der Waals surface area contributed by atoms with Gasteiger partial charge in [-0.2, -0.15) is 0 Å². The van der Waals surface area contributed by atoms with Gasteiger partial charge in [-0.3, -0.25) is 9.59 Å². The summed E-state index contributed by atoms with van der Waals surface area (Å²) in [7, 11) is 1.25. The highest BCUT2D eigenvalue weighted by atomic mass is 16.6. The molecule has 2 aromatic rings. The van der Waals surface area contributed by atoms with Crippen LogP contribution in [0.4, 0.5) is 0 Å². The number of aliphatic hydroxyl groups is 1. The maximum Gasteiger partial charge on any atom is 0.347 e. The van der Waals surface area contributed by atoms with E-state index in [1.807, 2.05) is 0 Å². The molecule has 0 radical (unpaired) electrons. The van der Waals surface area contributed by atoms with Crippen LogP contribution in [0.3, 0.4) is 0 Å². The maximum atomic E-state index is 13.1. The molecular weight excluding hydrogens is 468 g/mol. The van der Waals surface area contributed by atoms with Gasteiger partial charge in [-0.05, 0) is 69.5 Å². The van der Waals surface area contributed by atoms with Gasteiger partial charge in [0.25, 0.3) is 0 Å². The number of hydrogen-bond donors (Lipinski definition) is 1. The second kappa shape index (κ2) is 12.3. The number of esters is 2. The Kier molecular flexibility index (Phi) is 9.19. The van der Waals surface area contributed by atoms with Crippen LogP contribution in [-0.2, 0) is 19.1 Å². The first-order valence-corrected chi connectivity index (χ1v) is 11.8. The third-order valence-electron chi connectivity index (χ3n) is 5.75. The summed E-state index contributed by atoms with van der Waals surface area (Å²) in [5.74, 6) is -1.30. The van der Waals surface area contributed by atoms with Gasteiger partial charge in [0.1, 0.15) is 11.5 Å². The van der Waals surface area contributed by atoms with Crippen molar-refractivity contribution in [1.82, 2.24) is 0 Å². The van der Waals surface area contributed by atoms with Crippen LogP contribution in [0.5, 0.6) is 11.5 Å². The number of ketones is 2. The fourth-order valence-electron chi connectivity index (χ4n) is 3.78. The summed E-state index contributed by atoms with van der Waals surface area (Å²) in [6.45, 7) is 3.48. The molecule has 192 valence electrons. The first-order chi connectivity index (χ1) is 17.3. The van der Waals surface area contributed by atoms with Crippen LogP contribution < -0.4 is 9.47 Å². The Hall–Kier alpha value is -3.72. The zero-order valence-electron chi connectivity index (χ0n) is 20.6. The van der Waals surface area contributed by atoms with Crippen molar-refractivity contribution in [2.75, 3.05) is 20.3 Å². The monoisotopic (exact) mass is 498 g/mol. The van der Waals surface area contributed by atoms with E-state index < -0.39 is 24.1 Å². The number of rotatable bonds is 12. The predicted molar refractivity (Wildman–Crippen MR) is 128 cm³/mol. The van der Waals surface area contributed by atoms with Crippen molar-refractivity contribution in [3.63, 3.8) is 0 Å². The predicted octanol–water partition coefficient (Wildman–Crippen LogP) is 3.27. The van der Waals surface area contributed by atoms with E-state index in [1.165, 1.54) is 50.4 Å². The number of aliphatic hydroxyl groups excluding tert-OH is 1. The van der Waals surface area contributed by atoms with Crippen molar-refractivity contribution in [2.24, 2.45) is 0 Å².